The van der Waals surface area contributed by atoms with Crippen LogP contribution < -0.4 is 5.73 Å². The van der Waals surface area contributed by atoms with Gasteiger partial charge in [0.2, 0.25) is 0 Å². The number of nitrogens with two attached hydrogens (primary N) is 1. The first-order chi connectivity index (χ1) is 5.70. The minimum Gasteiger partial charge on any atom is -0.466 e. The monoisotopic (exact) mass is 169 g/mol. The van der Waals surface area contributed by atoms with Crippen molar-refractivity contribution in [1.82, 2.24) is 0 Å². The average molecular weight is 169 g/mol. The van der Waals surface area contributed by atoms with Gasteiger partial charge in [0.15, 0.2) is 0 Å². The summed E-state index contributed by atoms with van der Waals surface area (Å²) < 4.78 is 5.02. The minimum absolute atomic E-state index is 0.0112. The molecule has 2 N–H and O–H groups in total. The Balaban J connectivity index is 2.02. The zero-order valence-corrected chi connectivity index (χ0v) is 7.38. The van der Waals surface area contributed by atoms with Crippen LogP contribution in [0.5, 0.6) is 0 Å². The molecule has 0 aromatic heterocycles. The molecule has 2 aliphatic carbocycles. The highest BCUT2D eigenvalue weighted by Crippen LogP contribution is 2.63. The smallest absolute Gasteiger partial charge is 0.312 e. The molecule has 0 aromatic carbocycles. The second kappa shape index (κ2) is 2.46. The topological polar surface area (TPSA) is 52.3 Å². The van der Waals surface area contributed by atoms with Crippen molar-refractivity contribution in [2.24, 2.45) is 17.1 Å². The Labute approximate surface area is 72.3 Å². The summed E-state index contributed by atoms with van der Waals surface area (Å²) in [5.74, 6) is 0.416. The van der Waals surface area contributed by atoms with Crippen LogP contribution in [0.1, 0.15) is 26.2 Å². The Morgan fingerprint density at radius 2 is 2.50 bits per heavy atom. The van der Waals surface area contributed by atoms with Gasteiger partial charge in [0.05, 0.1) is 12.0 Å². The molecule has 3 heteroatoms. The molecule has 0 amide bonds. The SMILES string of the molecule is CCOC(=O)[C@@]12CC[C@@H](N)[C@@H]1C2. The first kappa shape index (κ1) is 8.05. The molecule has 0 radical (unpaired) electrons. The molecule has 3 nitrogen and oxygen atoms in total. The van der Waals surface area contributed by atoms with Gasteiger partial charge < -0.3 is 10.5 Å². The average Bonchev–Trinajstić information content (AvgIpc) is 2.70. The first-order valence-corrected chi connectivity index (χ1v) is 4.63. The summed E-state index contributed by atoms with van der Waals surface area (Å²) in [5.41, 5.74) is 5.69. The zero-order valence-electron chi connectivity index (χ0n) is 7.38. The fourth-order valence-electron chi connectivity index (χ4n) is 2.42. The second-order valence-electron chi connectivity index (χ2n) is 3.89. The molecule has 68 valence electrons. The number of rotatable bonds is 2. The lowest BCUT2D eigenvalue weighted by molar-refractivity contribution is -0.150. The highest BCUT2D eigenvalue weighted by molar-refractivity contribution is 5.81. The largest absolute Gasteiger partial charge is 0.466 e. The Morgan fingerprint density at radius 3 is 2.92 bits per heavy atom. The van der Waals surface area contributed by atoms with Crippen molar-refractivity contribution in [1.29, 1.82) is 0 Å². The maximum atomic E-state index is 11.5. The van der Waals surface area contributed by atoms with Crippen LogP contribution in [0.3, 0.4) is 0 Å². The van der Waals surface area contributed by atoms with Crippen molar-refractivity contribution >= 4 is 5.97 Å². The van der Waals surface area contributed by atoms with E-state index in [0.717, 1.165) is 19.3 Å². The summed E-state index contributed by atoms with van der Waals surface area (Å²) in [5, 5.41) is 0. The lowest BCUT2D eigenvalue weighted by Crippen LogP contribution is -2.21. The highest BCUT2D eigenvalue weighted by Gasteiger charge is 2.66. The predicted octanol–water partition coefficient (Wildman–Crippen LogP) is 0.677. The van der Waals surface area contributed by atoms with Crippen molar-refractivity contribution in [3.63, 3.8) is 0 Å². The summed E-state index contributed by atoms with van der Waals surface area (Å²) >= 11 is 0. The van der Waals surface area contributed by atoms with Crippen molar-refractivity contribution < 1.29 is 9.53 Å². The van der Waals surface area contributed by atoms with Crippen LogP contribution in [0, 0.1) is 11.3 Å². The Kier molecular flexibility index (Phi) is 1.65. The molecule has 0 unspecified atom stereocenters. The lowest BCUT2D eigenvalue weighted by Gasteiger charge is -2.09. The van der Waals surface area contributed by atoms with Gasteiger partial charge in [-0.3, -0.25) is 4.79 Å². The summed E-state index contributed by atoms with van der Waals surface area (Å²) in [4.78, 5) is 11.5. The fourth-order valence-corrected chi connectivity index (χ4v) is 2.42. The Bertz CT molecular complexity index is 217. The number of esters is 1. The molecule has 2 aliphatic rings. The van der Waals surface area contributed by atoms with E-state index in [-0.39, 0.29) is 17.4 Å². The highest BCUT2D eigenvalue weighted by atomic mass is 16.5. The molecule has 3 atom stereocenters. The van der Waals surface area contributed by atoms with Gasteiger partial charge in [0.1, 0.15) is 0 Å². The Hall–Kier alpha value is -0.570. The Morgan fingerprint density at radius 1 is 1.75 bits per heavy atom. The molecular weight excluding hydrogens is 154 g/mol. The summed E-state index contributed by atoms with van der Waals surface area (Å²) in [6.45, 7) is 2.34. The number of carbonyl (C=O) groups is 1. The van der Waals surface area contributed by atoms with E-state index < -0.39 is 0 Å². The zero-order chi connectivity index (χ0) is 8.77. The quantitative estimate of drug-likeness (QED) is 0.618. The third kappa shape index (κ3) is 0.891. The van der Waals surface area contributed by atoms with E-state index in [9.17, 15) is 4.79 Å². The molecule has 2 fully saturated rings. The van der Waals surface area contributed by atoms with Gasteiger partial charge in [-0.25, -0.2) is 0 Å². The minimum atomic E-state index is -0.143. The van der Waals surface area contributed by atoms with Crippen molar-refractivity contribution in [3.8, 4) is 0 Å². The molecule has 0 bridgehead atoms. The van der Waals surface area contributed by atoms with Crippen LogP contribution in [0.2, 0.25) is 0 Å². The van der Waals surface area contributed by atoms with E-state index in [1.807, 2.05) is 6.92 Å². The van der Waals surface area contributed by atoms with Gasteiger partial charge in [0, 0.05) is 6.04 Å². The number of carbonyl (C=O) groups excluding carboxylic acids is 1. The van der Waals surface area contributed by atoms with Crippen LogP contribution in [0.15, 0.2) is 0 Å². The van der Waals surface area contributed by atoms with Crippen LogP contribution >= 0.6 is 0 Å². The van der Waals surface area contributed by atoms with E-state index in [2.05, 4.69) is 0 Å². The molecule has 0 heterocycles. The van der Waals surface area contributed by atoms with Gasteiger partial charge in [-0.2, -0.15) is 0 Å². The van der Waals surface area contributed by atoms with E-state index in [0.29, 0.717) is 12.5 Å². The van der Waals surface area contributed by atoms with Crippen LogP contribution in [-0.2, 0) is 9.53 Å². The molecule has 0 spiro atoms. The maximum absolute atomic E-state index is 11.5. The van der Waals surface area contributed by atoms with Gasteiger partial charge in [-0.05, 0) is 32.1 Å². The molecule has 2 rings (SSSR count). The van der Waals surface area contributed by atoms with Crippen LogP contribution in [0.25, 0.3) is 0 Å². The molecule has 0 saturated heterocycles. The van der Waals surface area contributed by atoms with E-state index in [1.54, 1.807) is 0 Å². The molecular formula is C9H15NO2. The summed E-state index contributed by atoms with van der Waals surface area (Å²) in [6, 6.07) is 0.245. The standard InChI is InChI=1S/C9H15NO2/c1-2-12-8(11)9-4-3-7(10)6(9)5-9/h6-7H,2-5,10H2,1H3/t6-,7+,9+/m0/s1. The van der Waals surface area contributed by atoms with Crippen molar-refractivity contribution in [2.75, 3.05) is 6.61 Å². The van der Waals surface area contributed by atoms with Crippen molar-refractivity contribution in [2.45, 2.75) is 32.2 Å². The summed E-state index contributed by atoms with van der Waals surface area (Å²) in [7, 11) is 0. The predicted molar refractivity (Wildman–Crippen MR) is 44.4 cm³/mol. The van der Waals surface area contributed by atoms with E-state index in [4.69, 9.17) is 10.5 Å². The van der Waals surface area contributed by atoms with E-state index in [1.165, 1.54) is 0 Å². The second-order valence-corrected chi connectivity index (χ2v) is 3.89. The van der Waals surface area contributed by atoms with Gasteiger partial charge in [0.25, 0.3) is 0 Å². The summed E-state index contributed by atoms with van der Waals surface area (Å²) in [6.07, 6.45) is 2.90. The van der Waals surface area contributed by atoms with Gasteiger partial charge in [-0.1, -0.05) is 0 Å². The third-order valence-electron chi connectivity index (χ3n) is 3.26. The van der Waals surface area contributed by atoms with Gasteiger partial charge in [-0.15, -0.1) is 0 Å². The van der Waals surface area contributed by atoms with E-state index >= 15 is 0 Å². The normalized spacial score (nSPS) is 43.8. The molecule has 0 aliphatic heterocycles. The number of ether oxygens (including phenoxy) is 1. The number of hydrogen-bond acceptors (Lipinski definition) is 3. The van der Waals surface area contributed by atoms with Crippen LogP contribution in [-0.4, -0.2) is 18.6 Å². The third-order valence-corrected chi connectivity index (χ3v) is 3.26. The lowest BCUT2D eigenvalue weighted by atomic mass is 10.1. The first-order valence-electron chi connectivity index (χ1n) is 4.63. The molecule has 0 aromatic rings. The number of hydrogen-bond donors (Lipinski definition) is 1. The fraction of sp³-hybridized carbons (Fsp3) is 0.889. The number of fused-ring (bicyclic) bond motifs is 1. The van der Waals surface area contributed by atoms with Crippen molar-refractivity contribution in [3.05, 3.63) is 0 Å². The molecule has 12 heavy (non-hydrogen) atoms. The maximum Gasteiger partial charge on any atom is 0.312 e. The van der Waals surface area contributed by atoms with Gasteiger partial charge >= 0.3 is 5.97 Å². The molecule has 2 saturated carbocycles. The van der Waals surface area contributed by atoms with Crippen LogP contribution in [0.4, 0.5) is 0 Å².